The predicted molar refractivity (Wildman–Crippen MR) is 71.7 cm³/mol. The first kappa shape index (κ1) is 17.0. The van der Waals surface area contributed by atoms with Crippen LogP contribution in [0.3, 0.4) is 0 Å². The lowest BCUT2D eigenvalue weighted by molar-refractivity contribution is 0.0362. The second kappa shape index (κ2) is 9.99. The Bertz CT molecular complexity index is 178. The van der Waals surface area contributed by atoms with Gasteiger partial charge in [0.05, 0.1) is 0 Å². The molecule has 17 heavy (non-hydrogen) atoms. The minimum atomic E-state index is -2.55. The van der Waals surface area contributed by atoms with Crippen molar-refractivity contribution in [3.05, 3.63) is 0 Å². The minimum absolute atomic E-state index is 0.0718. The normalized spacial score (nSPS) is 13.9. The average molecular weight is 264 g/mol. The van der Waals surface area contributed by atoms with Gasteiger partial charge >= 0.3 is 8.80 Å². The summed E-state index contributed by atoms with van der Waals surface area (Å²) in [5.41, 5.74) is 11.1. The Morgan fingerprint density at radius 2 is 1.65 bits per heavy atom. The summed E-state index contributed by atoms with van der Waals surface area (Å²) in [6, 6.07) is 0.778. The van der Waals surface area contributed by atoms with Gasteiger partial charge in [0, 0.05) is 25.4 Å². The highest BCUT2D eigenvalue weighted by Gasteiger charge is 2.41. The van der Waals surface area contributed by atoms with E-state index >= 15 is 0 Å². The van der Waals surface area contributed by atoms with Crippen molar-refractivity contribution in [1.29, 1.82) is 0 Å². The van der Waals surface area contributed by atoms with Gasteiger partial charge in [0.1, 0.15) is 0 Å². The summed E-state index contributed by atoms with van der Waals surface area (Å²) < 4.78 is 17.6. The van der Waals surface area contributed by atoms with E-state index in [4.69, 9.17) is 24.7 Å². The van der Waals surface area contributed by atoms with Crippen LogP contribution in [0.5, 0.6) is 0 Å². The van der Waals surface area contributed by atoms with Crippen molar-refractivity contribution in [3.63, 3.8) is 0 Å². The predicted octanol–water partition coefficient (Wildman–Crippen LogP) is 1.10. The Morgan fingerprint density at radius 1 is 1.06 bits per heavy atom. The molecule has 0 heterocycles. The lowest BCUT2D eigenvalue weighted by atomic mass is 10.3. The molecular weight excluding hydrogens is 236 g/mol. The van der Waals surface area contributed by atoms with Crippen LogP contribution >= 0.6 is 0 Å². The molecule has 0 amide bonds. The first-order valence-electron chi connectivity index (χ1n) is 6.50. The third kappa shape index (κ3) is 7.12. The average Bonchev–Trinajstić information content (AvgIpc) is 2.27. The molecule has 4 N–H and O–H groups in total. The quantitative estimate of drug-likeness (QED) is 0.546. The molecule has 0 aromatic heterocycles. The zero-order valence-electron chi connectivity index (χ0n) is 11.4. The fraction of sp³-hybridized carbons (Fsp3) is 1.00. The van der Waals surface area contributed by atoms with Gasteiger partial charge in [0.15, 0.2) is 0 Å². The first-order chi connectivity index (χ1) is 8.14. The minimum Gasteiger partial charge on any atom is -0.374 e. The largest absolute Gasteiger partial charge is 0.501 e. The van der Waals surface area contributed by atoms with Gasteiger partial charge in [-0.15, -0.1) is 0 Å². The van der Waals surface area contributed by atoms with Crippen molar-refractivity contribution in [3.8, 4) is 0 Å². The molecule has 0 saturated heterocycles. The fourth-order valence-electron chi connectivity index (χ4n) is 1.67. The second-order valence-electron chi connectivity index (χ2n) is 3.95. The van der Waals surface area contributed by atoms with Crippen molar-refractivity contribution < 1.29 is 13.3 Å². The van der Waals surface area contributed by atoms with Gasteiger partial charge in [-0.2, -0.15) is 0 Å². The third-order valence-corrected chi connectivity index (χ3v) is 5.55. The van der Waals surface area contributed by atoms with Crippen molar-refractivity contribution in [2.24, 2.45) is 11.5 Å². The van der Waals surface area contributed by atoms with E-state index in [0.717, 1.165) is 18.9 Å². The zero-order chi connectivity index (χ0) is 13.1. The highest BCUT2D eigenvalue weighted by atomic mass is 28.4. The van der Waals surface area contributed by atoms with Gasteiger partial charge < -0.3 is 24.7 Å². The Hall–Kier alpha value is 0.0169. The maximum atomic E-state index is 6.02. The summed E-state index contributed by atoms with van der Waals surface area (Å²) in [4.78, 5) is 0. The summed E-state index contributed by atoms with van der Waals surface area (Å²) in [6.07, 6.45) is 1.75. The van der Waals surface area contributed by atoms with Crippen LogP contribution in [0.1, 0.15) is 33.6 Å². The SMILES string of the molecule is CCO[Si](CCCN)(OCC)O[C@H](C)CCN. The van der Waals surface area contributed by atoms with E-state index in [-0.39, 0.29) is 6.10 Å². The molecule has 6 heteroatoms. The molecule has 104 valence electrons. The third-order valence-electron chi connectivity index (χ3n) is 2.37. The van der Waals surface area contributed by atoms with Gasteiger partial charge in [-0.1, -0.05) is 0 Å². The molecule has 0 rings (SSSR count). The Labute approximate surface area is 106 Å². The highest BCUT2D eigenvalue weighted by molar-refractivity contribution is 6.60. The Morgan fingerprint density at radius 3 is 2.06 bits per heavy atom. The van der Waals surface area contributed by atoms with Crippen LogP contribution in [-0.2, 0) is 13.3 Å². The van der Waals surface area contributed by atoms with Gasteiger partial charge in [-0.3, -0.25) is 0 Å². The van der Waals surface area contributed by atoms with E-state index in [9.17, 15) is 0 Å². The Kier molecular flexibility index (Phi) is 10.00. The lowest BCUT2D eigenvalue weighted by Crippen LogP contribution is -2.48. The van der Waals surface area contributed by atoms with Gasteiger partial charge in [0.25, 0.3) is 0 Å². The molecule has 0 aromatic carbocycles. The van der Waals surface area contributed by atoms with Crippen LogP contribution in [0.15, 0.2) is 0 Å². The number of hydrogen-bond donors (Lipinski definition) is 2. The van der Waals surface area contributed by atoms with E-state index in [1.165, 1.54) is 0 Å². The topological polar surface area (TPSA) is 79.7 Å². The fourth-order valence-corrected chi connectivity index (χ4v) is 4.55. The molecule has 0 aliphatic rings. The van der Waals surface area contributed by atoms with Crippen molar-refractivity contribution >= 4 is 8.80 Å². The van der Waals surface area contributed by atoms with Gasteiger partial charge in [-0.05, 0) is 46.7 Å². The molecule has 0 aliphatic carbocycles. The maximum Gasteiger partial charge on any atom is 0.501 e. The second-order valence-corrected chi connectivity index (χ2v) is 6.63. The summed E-state index contributed by atoms with van der Waals surface area (Å²) in [5.74, 6) is 0. The van der Waals surface area contributed by atoms with E-state index in [2.05, 4.69) is 0 Å². The molecule has 0 unspecified atom stereocenters. The van der Waals surface area contributed by atoms with Crippen LogP contribution < -0.4 is 11.5 Å². The molecule has 0 saturated carbocycles. The smallest absolute Gasteiger partial charge is 0.374 e. The van der Waals surface area contributed by atoms with Crippen LogP contribution in [0.4, 0.5) is 0 Å². The maximum absolute atomic E-state index is 6.02. The van der Waals surface area contributed by atoms with Crippen molar-refractivity contribution in [2.45, 2.75) is 45.8 Å². The number of nitrogens with two attached hydrogens (primary N) is 2. The summed E-state index contributed by atoms with van der Waals surface area (Å²) in [7, 11) is -2.55. The molecule has 0 bridgehead atoms. The van der Waals surface area contributed by atoms with Gasteiger partial charge in [-0.25, -0.2) is 0 Å². The number of hydrogen-bond acceptors (Lipinski definition) is 5. The van der Waals surface area contributed by atoms with E-state index in [0.29, 0.717) is 26.3 Å². The Balaban J connectivity index is 4.50. The molecule has 0 aliphatic heterocycles. The van der Waals surface area contributed by atoms with Crippen LogP contribution in [0.25, 0.3) is 0 Å². The van der Waals surface area contributed by atoms with Crippen molar-refractivity contribution in [1.82, 2.24) is 0 Å². The van der Waals surface area contributed by atoms with E-state index in [1.807, 2.05) is 20.8 Å². The molecule has 1 atom stereocenters. The van der Waals surface area contributed by atoms with E-state index < -0.39 is 8.80 Å². The van der Waals surface area contributed by atoms with Crippen molar-refractivity contribution in [2.75, 3.05) is 26.3 Å². The number of rotatable bonds is 11. The molecule has 0 aromatic rings. The summed E-state index contributed by atoms with van der Waals surface area (Å²) in [6.45, 7) is 8.37. The monoisotopic (exact) mass is 264 g/mol. The van der Waals surface area contributed by atoms with Crippen LogP contribution in [-0.4, -0.2) is 41.2 Å². The standard InChI is InChI=1S/C11H28N2O3Si/c1-4-14-17(15-5-2,10-6-8-12)16-11(3)7-9-13/h11H,4-10,12-13H2,1-3H3/t11-/m1/s1. The molecular formula is C11H28N2O3Si. The first-order valence-corrected chi connectivity index (χ1v) is 8.43. The van der Waals surface area contributed by atoms with Crippen LogP contribution in [0, 0.1) is 0 Å². The molecule has 0 radical (unpaired) electrons. The molecule has 0 fully saturated rings. The van der Waals surface area contributed by atoms with Crippen LogP contribution in [0.2, 0.25) is 6.04 Å². The summed E-state index contributed by atoms with van der Waals surface area (Å²) >= 11 is 0. The highest BCUT2D eigenvalue weighted by Crippen LogP contribution is 2.20. The zero-order valence-corrected chi connectivity index (χ0v) is 12.4. The lowest BCUT2D eigenvalue weighted by Gasteiger charge is -2.31. The van der Waals surface area contributed by atoms with Gasteiger partial charge in [0.2, 0.25) is 0 Å². The van der Waals surface area contributed by atoms with E-state index in [1.54, 1.807) is 0 Å². The summed E-state index contributed by atoms with van der Waals surface area (Å²) in [5, 5.41) is 0. The molecule has 0 spiro atoms. The molecule has 5 nitrogen and oxygen atoms in total.